The van der Waals surface area contributed by atoms with Gasteiger partial charge in [0.25, 0.3) is 0 Å². The van der Waals surface area contributed by atoms with Crippen LogP contribution in [-0.2, 0) is 9.53 Å². The Hall–Kier alpha value is -4.22. The van der Waals surface area contributed by atoms with Crippen molar-refractivity contribution in [3.63, 3.8) is 0 Å². The molecule has 0 aliphatic carbocycles. The van der Waals surface area contributed by atoms with Crippen molar-refractivity contribution in [2.75, 3.05) is 19.2 Å². The van der Waals surface area contributed by atoms with Crippen LogP contribution < -0.4 is 14.5 Å². The summed E-state index contributed by atoms with van der Waals surface area (Å²) in [5.74, 6) is -1.37. The lowest BCUT2D eigenvalue weighted by atomic mass is 9.94. The van der Waals surface area contributed by atoms with Crippen molar-refractivity contribution in [1.29, 1.82) is 0 Å². The molecule has 12 heteroatoms. The summed E-state index contributed by atoms with van der Waals surface area (Å²) in [6.45, 7) is 1.37. The summed E-state index contributed by atoms with van der Waals surface area (Å²) in [5.41, 5.74) is 0.0347. The van der Waals surface area contributed by atoms with E-state index in [9.17, 15) is 22.4 Å². The molecule has 0 bridgehead atoms. The molecule has 2 atom stereocenters. The molecule has 3 aromatic rings. The van der Waals surface area contributed by atoms with E-state index in [1.54, 1.807) is 0 Å². The Morgan fingerprint density at radius 1 is 1.03 bits per heavy atom. The maximum atomic E-state index is 14.2. The van der Waals surface area contributed by atoms with Crippen molar-refractivity contribution in [3.8, 4) is 28.6 Å². The summed E-state index contributed by atoms with van der Waals surface area (Å²) in [6.07, 6.45) is -2.12. The van der Waals surface area contributed by atoms with Gasteiger partial charge in [-0.2, -0.15) is 18.3 Å². The lowest BCUT2D eigenvalue weighted by Crippen LogP contribution is -2.37. The highest BCUT2D eigenvalue weighted by Gasteiger charge is 2.48. The lowest BCUT2D eigenvalue weighted by Gasteiger charge is -2.25. The van der Waals surface area contributed by atoms with Gasteiger partial charge < -0.3 is 14.2 Å². The monoisotopic (exact) mass is 518 g/mol. The number of benzene rings is 2. The maximum absolute atomic E-state index is 14.2. The molecule has 1 aliphatic heterocycles. The number of carbonyl (C=O) groups is 1. The number of rotatable bonds is 7. The fraction of sp³-hybridized carbons (Fsp3) is 0.280. The first-order valence-electron chi connectivity index (χ1n) is 11.1. The molecular formula is C25H22F4N4O4. The second-order valence-corrected chi connectivity index (χ2v) is 8.16. The number of hydrogen-bond donors (Lipinski definition) is 0. The van der Waals surface area contributed by atoms with Crippen molar-refractivity contribution >= 4 is 17.4 Å². The van der Waals surface area contributed by atoms with Crippen LogP contribution in [0, 0.1) is 11.7 Å². The van der Waals surface area contributed by atoms with E-state index in [0.29, 0.717) is 22.7 Å². The number of halogens is 4. The van der Waals surface area contributed by atoms with E-state index in [-0.39, 0.29) is 18.0 Å². The Labute approximate surface area is 209 Å². The van der Waals surface area contributed by atoms with Crippen LogP contribution in [0.25, 0.3) is 11.1 Å². The number of hydrazone groups is 1. The molecule has 8 nitrogen and oxygen atoms in total. The van der Waals surface area contributed by atoms with Crippen LogP contribution in [0.3, 0.4) is 0 Å². The molecule has 0 spiro atoms. The Morgan fingerprint density at radius 3 is 2.27 bits per heavy atom. The SMILES string of the molecule is COC(=O)C[C@H]1[C@H](C)C(C(F)(F)F)=NN1c1ccc(Oc2ncc(-c3cc(OC)ccc3F)cn2)cc1. The summed E-state index contributed by atoms with van der Waals surface area (Å²) < 4.78 is 70.0. The van der Waals surface area contributed by atoms with E-state index < -0.39 is 35.6 Å². The molecule has 0 saturated heterocycles. The zero-order chi connectivity index (χ0) is 26.7. The number of carbonyl (C=O) groups excluding carboxylic acids is 1. The predicted molar refractivity (Wildman–Crippen MR) is 126 cm³/mol. The molecule has 1 aromatic heterocycles. The van der Waals surface area contributed by atoms with Crippen molar-refractivity contribution < 1.29 is 36.6 Å². The topological polar surface area (TPSA) is 86.1 Å². The molecule has 0 radical (unpaired) electrons. The molecule has 37 heavy (non-hydrogen) atoms. The minimum atomic E-state index is -4.64. The Kier molecular flexibility index (Phi) is 7.28. The second kappa shape index (κ2) is 10.4. The van der Waals surface area contributed by atoms with Gasteiger partial charge in [-0.3, -0.25) is 9.80 Å². The zero-order valence-corrected chi connectivity index (χ0v) is 20.0. The van der Waals surface area contributed by atoms with Gasteiger partial charge in [-0.25, -0.2) is 14.4 Å². The molecule has 4 rings (SSSR count). The van der Waals surface area contributed by atoms with Gasteiger partial charge in [0.2, 0.25) is 0 Å². The summed E-state index contributed by atoms with van der Waals surface area (Å²) in [5, 5.41) is 4.93. The normalized spacial score (nSPS) is 17.4. The van der Waals surface area contributed by atoms with Gasteiger partial charge in [0.1, 0.15) is 23.0 Å². The Balaban J connectivity index is 1.52. The molecule has 0 N–H and O–H groups in total. The van der Waals surface area contributed by atoms with Crippen molar-refractivity contribution in [3.05, 3.63) is 60.7 Å². The Morgan fingerprint density at radius 2 is 1.68 bits per heavy atom. The van der Waals surface area contributed by atoms with E-state index in [1.165, 1.54) is 81.0 Å². The molecule has 2 aromatic carbocycles. The highest BCUT2D eigenvalue weighted by atomic mass is 19.4. The molecule has 194 valence electrons. The number of ether oxygens (including phenoxy) is 3. The van der Waals surface area contributed by atoms with E-state index in [1.807, 2.05) is 0 Å². The quantitative estimate of drug-likeness (QED) is 0.306. The van der Waals surface area contributed by atoms with Gasteiger partial charge in [0.15, 0.2) is 0 Å². The summed E-state index contributed by atoms with van der Waals surface area (Å²) >= 11 is 0. The first kappa shape index (κ1) is 25.9. The zero-order valence-electron chi connectivity index (χ0n) is 20.0. The van der Waals surface area contributed by atoms with Crippen LogP contribution in [0.5, 0.6) is 17.5 Å². The highest BCUT2D eigenvalue weighted by molar-refractivity contribution is 5.96. The van der Waals surface area contributed by atoms with Crippen LogP contribution in [0.15, 0.2) is 60.0 Å². The highest BCUT2D eigenvalue weighted by Crippen LogP contribution is 2.37. The smallest absolute Gasteiger partial charge is 0.431 e. The number of nitrogens with zero attached hydrogens (tertiary/aromatic N) is 4. The van der Waals surface area contributed by atoms with Crippen molar-refractivity contribution in [2.45, 2.75) is 25.6 Å². The third-order valence-corrected chi connectivity index (χ3v) is 5.86. The molecular weight excluding hydrogens is 496 g/mol. The maximum Gasteiger partial charge on any atom is 0.431 e. The van der Waals surface area contributed by atoms with Crippen molar-refractivity contribution in [2.24, 2.45) is 11.0 Å². The largest absolute Gasteiger partial charge is 0.497 e. The summed E-state index contributed by atoms with van der Waals surface area (Å²) in [7, 11) is 2.65. The number of anilines is 1. The van der Waals surface area contributed by atoms with Gasteiger partial charge in [-0.1, -0.05) is 6.92 Å². The third-order valence-electron chi connectivity index (χ3n) is 5.86. The Bertz CT molecular complexity index is 1300. The van der Waals surface area contributed by atoms with E-state index in [2.05, 4.69) is 19.8 Å². The van der Waals surface area contributed by atoms with Gasteiger partial charge in [0, 0.05) is 29.4 Å². The van der Waals surface area contributed by atoms with Gasteiger partial charge in [0.05, 0.1) is 32.4 Å². The molecule has 2 heterocycles. The molecule has 0 unspecified atom stereocenters. The van der Waals surface area contributed by atoms with E-state index >= 15 is 0 Å². The van der Waals surface area contributed by atoms with Crippen LogP contribution in [0.4, 0.5) is 23.2 Å². The van der Waals surface area contributed by atoms with Crippen LogP contribution >= 0.6 is 0 Å². The molecule has 1 aliphatic rings. The molecule has 0 amide bonds. The first-order chi connectivity index (χ1) is 17.6. The lowest BCUT2D eigenvalue weighted by molar-refractivity contribution is -0.141. The first-order valence-corrected chi connectivity index (χ1v) is 11.1. The van der Waals surface area contributed by atoms with E-state index in [4.69, 9.17) is 9.47 Å². The molecule has 0 saturated carbocycles. The van der Waals surface area contributed by atoms with E-state index in [0.717, 1.165) is 0 Å². The fourth-order valence-corrected chi connectivity index (χ4v) is 3.89. The standard InChI is InChI=1S/C25H22F4N4O4/c1-14-21(11-22(34)36-3)33(32-23(14)25(27,28)29)16-4-6-17(7-5-16)37-24-30-12-15(13-31-24)19-10-18(35-2)8-9-20(19)26/h4-10,12-14,21H,11H2,1-3H3/t14-,21-/m0/s1. The average Bonchev–Trinajstić information content (AvgIpc) is 3.21. The second-order valence-electron chi connectivity index (χ2n) is 8.16. The van der Waals surface area contributed by atoms with Crippen molar-refractivity contribution in [1.82, 2.24) is 9.97 Å². The van der Waals surface area contributed by atoms with Gasteiger partial charge >= 0.3 is 18.2 Å². The summed E-state index contributed by atoms with van der Waals surface area (Å²) in [4.78, 5) is 20.0. The number of esters is 1. The fourth-order valence-electron chi connectivity index (χ4n) is 3.89. The van der Waals surface area contributed by atoms with Gasteiger partial charge in [-0.05, 0) is 42.5 Å². The van der Waals surface area contributed by atoms with Crippen LogP contribution in [0.1, 0.15) is 13.3 Å². The average molecular weight is 518 g/mol. The van der Waals surface area contributed by atoms with Gasteiger partial charge in [-0.15, -0.1) is 0 Å². The number of aromatic nitrogens is 2. The van der Waals surface area contributed by atoms with Crippen LogP contribution in [-0.4, -0.2) is 48.1 Å². The number of methoxy groups -OCH3 is 2. The third kappa shape index (κ3) is 5.63. The molecule has 0 fully saturated rings. The number of hydrogen-bond acceptors (Lipinski definition) is 8. The summed E-state index contributed by atoms with van der Waals surface area (Å²) in [6, 6.07) is 9.44. The minimum Gasteiger partial charge on any atom is -0.497 e. The minimum absolute atomic E-state index is 0.0180. The predicted octanol–water partition coefficient (Wildman–Crippen LogP) is 5.39. The van der Waals surface area contributed by atoms with Crippen LogP contribution in [0.2, 0.25) is 0 Å². The number of alkyl halides is 3.